The molecule has 4 N–H and O–H groups in total. The number of nitrogens with one attached hydrogen (secondary N) is 2. The van der Waals surface area contributed by atoms with Gasteiger partial charge in [0.25, 0.3) is 0 Å². The Hall–Kier alpha value is -2.60. The number of H-pyrrole nitrogens is 1. The minimum atomic E-state index is 0.315. The lowest BCUT2D eigenvalue weighted by molar-refractivity contribution is 0.193. The molecule has 0 radical (unpaired) electrons. The monoisotopic (exact) mass is 337 g/mol. The fraction of sp³-hybridized carbons (Fsp3) is 0.368. The van der Waals surface area contributed by atoms with Crippen LogP contribution < -0.4 is 11.1 Å². The maximum Gasteiger partial charge on any atom is 0.222 e. The standard InChI is InChI=1S/C19H23N5O/c1-12-14(15-4-2-3-5-16(15)22-12)6-8-21-18-10-17(23-19(20)24-18)13-7-9-25-11-13/h2-5,10,13,22H,6-9,11H2,1H3,(H3,20,21,23,24)/t13-/m0/s1. The third-order valence-corrected chi connectivity index (χ3v) is 4.82. The molecule has 130 valence electrons. The van der Waals surface area contributed by atoms with Crippen molar-refractivity contribution in [2.24, 2.45) is 0 Å². The molecule has 2 aromatic heterocycles. The van der Waals surface area contributed by atoms with Gasteiger partial charge in [-0.1, -0.05) is 18.2 Å². The number of para-hydroxylation sites is 1. The van der Waals surface area contributed by atoms with Gasteiger partial charge in [-0.25, -0.2) is 4.98 Å². The summed E-state index contributed by atoms with van der Waals surface area (Å²) in [5, 5.41) is 4.68. The number of benzene rings is 1. The molecule has 25 heavy (non-hydrogen) atoms. The Morgan fingerprint density at radius 3 is 3.04 bits per heavy atom. The van der Waals surface area contributed by atoms with Crippen molar-refractivity contribution >= 4 is 22.7 Å². The van der Waals surface area contributed by atoms with Crippen molar-refractivity contribution < 1.29 is 4.74 Å². The van der Waals surface area contributed by atoms with Crippen molar-refractivity contribution in [1.82, 2.24) is 15.0 Å². The minimum absolute atomic E-state index is 0.315. The molecule has 0 saturated carbocycles. The van der Waals surface area contributed by atoms with Gasteiger partial charge in [0.1, 0.15) is 5.82 Å². The van der Waals surface area contributed by atoms with E-state index in [2.05, 4.69) is 51.5 Å². The van der Waals surface area contributed by atoms with Gasteiger partial charge in [-0.15, -0.1) is 0 Å². The summed E-state index contributed by atoms with van der Waals surface area (Å²) < 4.78 is 5.45. The predicted molar refractivity (Wildman–Crippen MR) is 99.9 cm³/mol. The summed E-state index contributed by atoms with van der Waals surface area (Å²) in [4.78, 5) is 12.1. The van der Waals surface area contributed by atoms with Crippen LogP contribution in [0.3, 0.4) is 0 Å². The van der Waals surface area contributed by atoms with Crippen molar-refractivity contribution in [3.8, 4) is 0 Å². The summed E-state index contributed by atoms with van der Waals surface area (Å²) in [5.41, 5.74) is 10.6. The summed E-state index contributed by atoms with van der Waals surface area (Å²) in [7, 11) is 0. The molecule has 0 unspecified atom stereocenters. The molecule has 3 heterocycles. The van der Waals surface area contributed by atoms with Gasteiger partial charge in [0.15, 0.2) is 0 Å². The van der Waals surface area contributed by atoms with Crippen LogP contribution in [-0.2, 0) is 11.2 Å². The maximum absolute atomic E-state index is 5.88. The normalized spacial score (nSPS) is 17.2. The largest absolute Gasteiger partial charge is 0.381 e. The lowest BCUT2D eigenvalue weighted by Gasteiger charge is -2.11. The number of hydrogen-bond donors (Lipinski definition) is 3. The average Bonchev–Trinajstić information content (AvgIpc) is 3.23. The van der Waals surface area contributed by atoms with E-state index in [-0.39, 0.29) is 0 Å². The minimum Gasteiger partial charge on any atom is -0.381 e. The molecule has 1 aromatic carbocycles. The number of rotatable bonds is 5. The molecule has 6 nitrogen and oxygen atoms in total. The van der Waals surface area contributed by atoms with Crippen LogP contribution in [0.5, 0.6) is 0 Å². The van der Waals surface area contributed by atoms with E-state index in [1.165, 1.54) is 22.2 Å². The summed E-state index contributed by atoms with van der Waals surface area (Å²) >= 11 is 0. The Kier molecular flexibility index (Phi) is 4.28. The number of aromatic nitrogens is 3. The Morgan fingerprint density at radius 2 is 2.20 bits per heavy atom. The summed E-state index contributed by atoms with van der Waals surface area (Å²) in [6.07, 6.45) is 1.91. The number of nitrogen functional groups attached to an aromatic ring is 1. The van der Waals surface area contributed by atoms with Crippen LogP contribution in [0.1, 0.15) is 29.3 Å². The summed E-state index contributed by atoms with van der Waals surface area (Å²) in [6.45, 7) is 4.41. The highest BCUT2D eigenvalue weighted by atomic mass is 16.5. The molecule has 1 atom stereocenters. The van der Waals surface area contributed by atoms with Crippen LogP contribution in [0.25, 0.3) is 10.9 Å². The fourth-order valence-corrected chi connectivity index (χ4v) is 3.53. The van der Waals surface area contributed by atoms with Crippen LogP contribution in [0.4, 0.5) is 11.8 Å². The third-order valence-electron chi connectivity index (χ3n) is 4.82. The Balaban J connectivity index is 1.47. The van der Waals surface area contributed by atoms with Gasteiger partial charge < -0.3 is 20.8 Å². The molecule has 0 bridgehead atoms. The zero-order chi connectivity index (χ0) is 17.2. The molecule has 1 fully saturated rings. The van der Waals surface area contributed by atoms with E-state index in [4.69, 9.17) is 10.5 Å². The fourth-order valence-electron chi connectivity index (χ4n) is 3.53. The van der Waals surface area contributed by atoms with Gasteiger partial charge in [0.05, 0.1) is 12.3 Å². The van der Waals surface area contributed by atoms with Gasteiger partial charge in [-0.05, 0) is 31.4 Å². The number of nitrogens with two attached hydrogens (primary N) is 1. The molecule has 4 rings (SSSR count). The highest BCUT2D eigenvalue weighted by Gasteiger charge is 2.20. The number of ether oxygens (including phenoxy) is 1. The number of aromatic amines is 1. The average molecular weight is 337 g/mol. The molecule has 6 heteroatoms. The first-order valence-electron chi connectivity index (χ1n) is 8.73. The molecular weight excluding hydrogens is 314 g/mol. The van der Waals surface area contributed by atoms with E-state index in [0.29, 0.717) is 18.5 Å². The maximum atomic E-state index is 5.88. The summed E-state index contributed by atoms with van der Waals surface area (Å²) in [5.74, 6) is 1.42. The second-order valence-electron chi connectivity index (χ2n) is 6.55. The molecule has 1 aliphatic rings. The van der Waals surface area contributed by atoms with Crippen LogP contribution >= 0.6 is 0 Å². The molecule has 3 aromatic rings. The molecule has 0 amide bonds. The van der Waals surface area contributed by atoms with Gasteiger partial charge in [0.2, 0.25) is 5.95 Å². The van der Waals surface area contributed by atoms with E-state index >= 15 is 0 Å². The molecular formula is C19H23N5O. The number of aryl methyl sites for hydroxylation is 1. The highest BCUT2D eigenvalue weighted by Crippen LogP contribution is 2.26. The molecule has 0 spiro atoms. The zero-order valence-corrected chi connectivity index (χ0v) is 14.4. The van der Waals surface area contributed by atoms with Gasteiger partial charge in [-0.3, -0.25) is 0 Å². The highest BCUT2D eigenvalue weighted by molar-refractivity contribution is 5.84. The van der Waals surface area contributed by atoms with Crippen molar-refractivity contribution in [2.45, 2.75) is 25.7 Å². The number of hydrogen-bond acceptors (Lipinski definition) is 5. The zero-order valence-electron chi connectivity index (χ0n) is 14.4. The first-order valence-corrected chi connectivity index (χ1v) is 8.73. The Morgan fingerprint density at radius 1 is 1.32 bits per heavy atom. The van der Waals surface area contributed by atoms with Crippen LogP contribution in [-0.4, -0.2) is 34.7 Å². The molecule has 0 aliphatic carbocycles. The second-order valence-corrected chi connectivity index (χ2v) is 6.55. The third kappa shape index (κ3) is 3.30. The van der Waals surface area contributed by atoms with E-state index < -0.39 is 0 Å². The first-order chi connectivity index (χ1) is 12.2. The molecule has 1 saturated heterocycles. The van der Waals surface area contributed by atoms with E-state index in [1.54, 1.807) is 0 Å². The lowest BCUT2D eigenvalue weighted by Crippen LogP contribution is -2.11. The lowest BCUT2D eigenvalue weighted by atomic mass is 10.0. The quantitative estimate of drug-likeness (QED) is 0.666. The van der Waals surface area contributed by atoms with E-state index in [9.17, 15) is 0 Å². The Labute approximate surface area is 146 Å². The predicted octanol–water partition coefficient (Wildman–Crippen LogP) is 3.01. The Bertz CT molecular complexity index is 883. The van der Waals surface area contributed by atoms with E-state index in [0.717, 1.165) is 37.5 Å². The number of fused-ring (bicyclic) bond motifs is 1. The summed E-state index contributed by atoms with van der Waals surface area (Å²) in [6, 6.07) is 10.4. The van der Waals surface area contributed by atoms with Crippen molar-refractivity contribution in [2.75, 3.05) is 30.8 Å². The first kappa shape index (κ1) is 15.9. The van der Waals surface area contributed by atoms with Crippen molar-refractivity contribution in [1.29, 1.82) is 0 Å². The van der Waals surface area contributed by atoms with Crippen LogP contribution in [0, 0.1) is 6.92 Å². The van der Waals surface area contributed by atoms with Gasteiger partial charge in [0, 0.05) is 41.7 Å². The van der Waals surface area contributed by atoms with Crippen LogP contribution in [0.15, 0.2) is 30.3 Å². The topological polar surface area (TPSA) is 88.8 Å². The second kappa shape index (κ2) is 6.72. The number of anilines is 2. The van der Waals surface area contributed by atoms with Crippen LogP contribution in [0.2, 0.25) is 0 Å². The number of nitrogens with zero attached hydrogens (tertiary/aromatic N) is 2. The van der Waals surface area contributed by atoms with Gasteiger partial charge >= 0.3 is 0 Å². The van der Waals surface area contributed by atoms with Crippen molar-refractivity contribution in [3.63, 3.8) is 0 Å². The SMILES string of the molecule is Cc1[nH]c2ccccc2c1CCNc1cc([C@H]2CCOC2)nc(N)n1. The van der Waals surface area contributed by atoms with E-state index in [1.807, 2.05) is 6.07 Å². The molecule has 1 aliphatic heterocycles. The van der Waals surface area contributed by atoms with Crippen molar-refractivity contribution in [3.05, 3.63) is 47.3 Å². The van der Waals surface area contributed by atoms with Gasteiger partial charge in [-0.2, -0.15) is 4.98 Å². The smallest absolute Gasteiger partial charge is 0.222 e.